The summed E-state index contributed by atoms with van der Waals surface area (Å²) in [5.74, 6) is -0.461. The van der Waals surface area contributed by atoms with Gasteiger partial charge in [0, 0.05) is 0 Å². The first-order valence-electron chi connectivity index (χ1n) is 9.13. The number of allylic oxidation sites excluding steroid dienone is 2. The Morgan fingerprint density at radius 2 is 1.96 bits per heavy atom. The van der Waals surface area contributed by atoms with E-state index in [1.54, 1.807) is 18.3 Å². The Morgan fingerprint density at radius 3 is 2.56 bits per heavy atom. The molecule has 0 aliphatic carbocycles. The Balaban J connectivity index is 0.000000277. The van der Waals surface area contributed by atoms with E-state index in [1.807, 2.05) is 39.8 Å². The van der Waals surface area contributed by atoms with Crippen LogP contribution in [-0.2, 0) is 6.42 Å². The number of rotatable bonds is 6. The van der Waals surface area contributed by atoms with Gasteiger partial charge in [0.25, 0.3) is 0 Å². The van der Waals surface area contributed by atoms with E-state index in [9.17, 15) is 4.39 Å². The Morgan fingerprint density at radius 1 is 1.22 bits per heavy atom. The summed E-state index contributed by atoms with van der Waals surface area (Å²) in [7, 11) is 0. The van der Waals surface area contributed by atoms with E-state index < -0.39 is 5.95 Å². The number of hydrogen-bond donors (Lipinski definition) is 1. The molecule has 4 nitrogen and oxygen atoms in total. The molecule has 0 radical (unpaired) electrons. The fourth-order valence-electron chi connectivity index (χ4n) is 2.44. The largest absolute Gasteiger partial charge is 0.361 e. The lowest BCUT2D eigenvalue weighted by atomic mass is 10.1. The molecule has 146 valence electrons. The maximum absolute atomic E-state index is 12.9. The summed E-state index contributed by atoms with van der Waals surface area (Å²) in [6, 6.07) is 4.77. The summed E-state index contributed by atoms with van der Waals surface area (Å²) in [5, 5.41) is 11.4. The van der Waals surface area contributed by atoms with Crippen LogP contribution in [0.2, 0.25) is 5.15 Å². The summed E-state index contributed by atoms with van der Waals surface area (Å²) >= 11 is 5.85. The lowest BCUT2D eigenvalue weighted by Gasteiger charge is -2.07. The standard InChI is InChI=1S/C12H15FN2.C9H13ClN2/c1-3-6-10(14-9-4-2)11-7-5-8-12(13)15-11;1-4-5-8-6(2)9(10)12-11-7(8)3/h4-9,14H,3H2,1-2H3;4-5H2,1-3H3/b9-4-,10-6+;. The van der Waals surface area contributed by atoms with E-state index in [4.69, 9.17) is 11.6 Å². The van der Waals surface area contributed by atoms with Crippen molar-refractivity contribution in [3.63, 3.8) is 0 Å². The second-order valence-corrected chi connectivity index (χ2v) is 6.30. The number of nitrogens with one attached hydrogen (secondary N) is 1. The number of aromatic nitrogens is 3. The summed E-state index contributed by atoms with van der Waals surface area (Å²) < 4.78 is 12.9. The molecule has 0 atom stereocenters. The maximum atomic E-state index is 12.9. The number of halogens is 2. The maximum Gasteiger partial charge on any atom is 0.213 e. The predicted octanol–water partition coefficient (Wildman–Crippen LogP) is 5.79. The van der Waals surface area contributed by atoms with E-state index in [0.29, 0.717) is 10.8 Å². The van der Waals surface area contributed by atoms with Crippen LogP contribution in [0.5, 0.6) is 0 Å². The summed E-state index contributed by atoms with van der Waals surface area (Å²) in [4.78, 5) is 3.81. The highest BCUT2D eigenvalue weighted by molar-refractivity contribution is 6.30. The molecule has 2 heterocycles. The van der Waals surface area contributed by atoms with Gasteiger partial charge in [0.15, 0.2) is 5.15 Å². The minimum atomic E-state index is -0.461. The molecule has 0 saturated heterocycles. The van der Waals surface area contributed by atoms with Gasteiger partial charge >= 0.3 is 0 Å². The van der Waals surface area contributed by atoms with E-state index >= 15 is 0 Å². The average molecular weight is 391 g/mol. The number of hydrogen-bond acceptors (Lipinski definition) is 4. The zero-order chi connectivity index (χ0) is 20.2. The van der Waals surface area contributed by atoms with Crippen molar-refractivity contribution in [3.05, 3.63) is 70.2 Å². The third-order valence-electron chi connectivity index (χ3n) is 3.79. The first-order valence-corrected chi connectivity index (χ1v) is 9.51. The van der Waals surface area contributed by atoms with E-state index in [2.05, 4.69) is 27.4 Å². The number of aryl methyl sites for hydroxylation is 1. The highest BCUT2D eigenvalue weighted by atomic mass is 35.5. The molecule has 0 bridgehead atoms. The average Bonchev–Trinajstić information content (AvgIpc) is 2.66. The van der Waals surface area contributed by atoms with Crippen molar-refractivity contribution in [1.82, 2.24) is 20.5 Å². The fourth-order valence-corrected chi connectivity index (χ4v) is 2.59. The third-order valence-corrected chi connectivity index (χ3v) is 4.15. The zero-order valence-corrected chi connectivity index (χ0v) is 17.4. The molecule has 0 fully saturated rings. The van der Waals surface area contributed by atoms with E-state index in [1.165, 1.54) is 11.6 Å². The van der Waals surface area contributed by atoms with Crippen molar-refractivity contribution in [3.8, 4) is 0 Å². The van der Waals surface area contributed by atoms with Crippen LogP contribution < -0.4 is 5.32 Å². The van der Waals surface area contributed by atoms with Gasteiger partial charge in [-0.2, -0.15) is 9.49 Å². The third kappa shape index (κ3) is 7.47. The van der Waals surface area contributed by atoms with Crippen LogP contribution in [0.4, 0.5) is 4.39 Å². The van der Waals surface area contributed by atoms with Crippen molar-refractivity contribution in [1.29, 1.82) is 0 Å². The summed E-state index contributed by atoms with van der Waals surface area (Å²) in [6.07, 6.45) is 8.67. The van der Waals surface area contributed by atoms with Crippen molar-refractivity contribution >= 4 is 17.3 Å². The number of nitrogens with zero attached hydrogens (tertiary/aromatic N) is 3. The molecule has 6 heteroatoms. The predicted molar refractivity (Wildman–Crippen MR) is 111 cm³/mol. The molecule has 2 rings (SSSR count). The molecule has 0 unspecified atom stereocenters. The molecular formula is C21H28ClFN4. The van der Waals surface area contributed by atoms with Crippen LogP contribution in [0, 0.1) is 19.8 Å². The smallest absolute Gasteiger partial charge is 0.213 e. The van der Waals surface area contributed by atoms with Crippen LogP contribution in [-0.4, -0.2) is 15.2 Å². The van der Waals surface area contributed by atoms with Crippen LogP contribution in [0.1, 0.15) is 56.1 Å². The van der Waals surface area contributed by atoms with Gasteiger partial charge < -0.3 is 5.32 Å². The molecule has 2 aromatic rings. The summed E-state index contributed by atoms with van der Waals surface area (Å²) in [5.41, 5.74) is 4.77. The SMILES string of the molecule is C/C=C\N/C(=C/CC)c1cccc(F)n1.CCCc1c(C)nnc(Cl)c1C. The van der Waals surface area contributed by atoms with E-state index in [0.717, 1.165) is 36.2 Å². The minimum Gasteiger partial charge on any atom is -0.361 e. The van der Waals surface area contributed by atoms with Crippen molar-refractivity contribution in [2.45, 2.75) is 53.9 Å². The zero-order valence-electron chi connectivity index (χ0n) is 16.7. The lowest BCUT2D eigenvalue weighted by molar-refractivity contribution is 0.582. The minimum absolute atomic E-state index is 0.461. The van der Waals surface area contributed by atoms with Gasteiger partial charge in [0.2, 0.25) is 5.95 Å². The molecule has 0 aliphatic rings. The van der Waals surface area contributed by atoms with Gasteiger partial charge in [0.05, 0.1) is 17.1 Å². The second-order valence-electron chi connectivity index (χ2n) is 5.95. The molecule has 0 spiro atoms. The van der Waals surface area contributed by atoms with Gasteiger partial charge in [-0.15, -0.1) is 5.10 Å². The van der Waals surface area contributed by atoms with E-state index in [-0.39, 0.29) is 0 Å². The van der Waals surface area contributed by atoms with Gasteiger partial charge in [-0.3, -0.25) is 0 Å². The normalized spacial score (nSPS) is 11.3. The van der Waals surface area contributed by atoms with Crippen molar-refractivity contribution in [2.75, 3.05) is 0 Å². The van der Waals surface area contributed by atoms with Gasteiger partial charge in [-0.25, -0.2) is 4.98 Å². The Bertz CT molecular complexity index is 788. The molecule has 0 amide bonds. The van der Waals surface area contributed by atoms with Crippen LogP contribution >= 0.6 is 11.6 Å². The highest BCUT2D eigenvalue weighted by Gasteiger charge is 2.07. The van der Waals surface area contributed by atoms with Crippen LogP contribution in [0.15, 0.2) is 36.6 Å². The molecule has 0 saturated carbocycles. The number of pyridine rings is 1. The van der Waals surface area contributed by atoms with Gasteiger partial charge in [-0.05, 0) is 63.1 Å². The molecular weight excluding hydrogens is 363 g/mol. The Labute approximate surface area is 166 Å². The van der Waals surface area contributed by atoms with Crippen LogP contribution in [0.3, 0.4) is 0 Å². The molecule has 0 aromatic carbocycles. The monoisotopic (exact) mass is 390 g/mol. The Hall–Kier alpha value is -2.27. The molecule has 0 aliphatic heterocycles. The first kappa shape index (κ1) is 22.8. The van der Waals surface area contributed by atoms with Crippen LogP contribution in [0.25, 0.3) is 5.70 Å². The van der Waals surface area contributed by atoms with Gasteiger partial charge in [-0.1, -0.05) is 50.1 Å². The highest BCUT2D eigenvalue weighted by Crippen LogP contribution is 2.19. The topological polar surface area (TPSA) is 50.7 Å². The fraction of sp³-hybridized carbons (Fsp3) is 0.381. The second kappa shape index (κ2) is 12.2. The molecule has 1 N–H and O–H groups in total. The molecule has 2 aromatic heterocycles. The quantitative estimate of drug-likeness (QED) is 0.634. The lowest BCUT2D eigenvalue weighted by Crippen LogP contribution is -2.06. The van der Waals surface area contributed by atoms with Crippen molar-refractivity contribution in [2.24, 2.45) is 0 Å². The van der Waals surface area contributed by atoms with Gasteiger partial charge in [0.1, 0.15) is 0 Å². The Kier molecular flexibility index (Phi) is 10.3. The molecule has 27 heavy (non-hydrogen) atoms. The van der Waals surface area contributed by atoms with Crippen molar-refractivity contribution < 1.29 is 4.39 Å². The summed E-state index contributed by atoms with van der Waals surface area (Å²) in [6.45, 7) is 10.1. The first-order chi connectivity index (χ1) is 12.9.